The standard InChI is InChI=1S/C26H25N3O4/c1-15-11-12-20-18(13-15)24(17-7-3-4-8-19(17)27-20)26(32)33-16(2)25(31)29-14-23(30)28-21-9-5-6-10-22(21)29/h5-6,9-13,16H,3-4,7-8,14H2,1-2H3,(H,28,30). The monoisotopic (exact) mass is 443 g/mol. The highest BCUT2D eigenvalue weighted by molar-refractivity contribution is 6.12. The third-order valence-corrected chi connectivity index (χ3v) is 6.29. The zero-order chi connectivity index (χ0) is 23.1. The summed E-state index contributed by atoms with van der Waals surface area (Å²) < 4.78 is 5.73. The normalized spacial score (nSPS) is 15.9. The van der Waals surface area contributed by atoms with E-state index in [0.717, 1.165) is 53.4 Å². The molecule has 2 aliphatic rings. The van der Waals surface area contributed by atoms with Gasteiger partial charge in [-0.3, -0.25) is 19.5 Å². The van der Waals surface area contributed by atoms with Crippen molar-refractivity contribution in [3.8, 4) is 0 Å². The largest absolute Gasteiger partial charge is 0.449 e. The van der Waals surface area contributed by atoms with Crippen LogP contribution in [0.5, 0.6) is 0 Å². The lowest BCUT2D eigenvalue weighted by Gasteiger charge is -2.31. The first kappa shape index (κ1) is 21.1. The summed E-state index contributed by atoms with van der Waals surface area (Å²) in [6, 6.07) is 12.9. The number of carbonyl (C=O) groups is 3. The molecule has 2 aromatic carbocycles. The third kappa shape index (κ3) is 3.84. The van der Waals surface area contributed by atoms with Crippen molar-refractivity contribution < 1.29 is 19.1 Å². The van der Waals surface area contributed by atoms with Crippen molar-refractivity contribution in [3.63, 3.8) is 0 Å². The highest BCUT2D eigenvalue weighted by Crippen LogP contribution is 2.32. The van der Waals surface area contributed by atoms with Gasteiger partial charge < -0.3 is 10.1 Å². The van der Waals surface area contributed by atoms with Crippen LogP contribution in [0.4, 0.5) is 11.4 Å². The summed E-state index contributed by atoms with van der Waals surface area (Å²) in [4.78, 5) is 45.0. The molecule has 3 aromatic rings. The van der Waals surface area contributed by atoms with Crippen molar-refractivity contribution in [2.75, 3.05) is 16.8 Å². The zero-order valence-electron chi connectivity index (χ0n) is 18.7. The molecule has 1 aliphatic carbocycles. The number of rotatable bonds is 3. The fraction of sp³-hybridized carbons (Fsp3) is 0.308. The van der Waals surface area contributed by atoms with Gasteiger partial charge in [0.25, 0.3) is 5.91 Å². The van der Waals surface area contributed by atoms with Crippen molar-refractivity contribution >= 4 is 40.1 Å². The van der Waals surface area contributed by atoms with E-state index < -0.39 is 18.0 Å². The van der Waals surface area contributed by atoms with E-state index in [1.807, 2.05) is 25.1 Å². The van der Waals surface area contributed by atoms with E-state index in [1.54, 1.807) is 31.2 Å². The molecular weight excluding hydrogens is 418 g/mol. The molecule has 1 N–H and O–H groups in total. The smallest absolute Gasteiger partial charge is 0.339 e. The average molecular weight is 444 g/mol. The molecule has 0 spiro atoms. The molecule has 0 saturated heterocycles. The van der Waals surface area contributed by atoms with Crippen molar-refractivity contribution in [3.05, 3.63) is 64.8 Å². The molecule has 0 saturated carbocycles. The first-order valence-electron chi connectivity index (χ1n) is 11.3. The summed E-state index contributed by atoms with van der Waals surface area (Å²) in [6.07, 6.45) is 2.56. The van der Waals surface area contributed by atoms with Gasteiger partial charge in [-0.25, -0.2) is 4.79 Å². The number of aromatic nitrogens is 1. The van der Waals surface area contributed by atoms with Crippen LogP contribution in [0.25, 0.3) is 10.9 Å². The van der Waals surface area contributed by atoms with E-state index in [1.165, 1.54) is 4.90 Å². The number of amides is 2. The Balaban J connectivity index is 1.47. The summed E-state index contributed by atoms with van der Waals surface area (Å²) in [5, 5.41) is 3.52. The first-order valence-corrected chi connectivity index (χ1v) is 11.3. The number of nitrogens with zero attached hydrogens (tertiary/aromatic N) is 2. The van der Waals surface area contributed by atoms with Crippen LogP contribution in [0.2, 0.25) is 0 Å². The Hall–Kier alpha value is -3.74. The van der Waals surface area contributed by atoms with Crippen LogP contribution in [-0.4, -0.2) is 35.4 Å². The number of pyridine rings is 1. The van der Waals surface area contributed by atoms with Gasteiger partial charge in [0.05, 0.1) is 22.5 Å². The van der Waals surface area contributed by atoms with E-state index in [0.29, 0.717) is 16.9 Å². The number of ether oxygens (including phenoxy) is 1. The molecule has 1 aliphatic heterocycles. The van der Waals surface area contributed by atoms with Gasteiger partial charge >= 0.3 is 5.97 Å². The minimum absolute atomic E-state index is 0.121. The van der Waals surface area contributed by atoms with E-state index in [9.17, 15) is 14.4 Å². The minimum Gasteiger partial charge on any atom is -0.449 e. The lowest BCUT2D eigenvalue weighted by molar-refractivity contribution is -0.128. The van der Waals surface area contributed by atoms with Crippen LogP contribution < -0.4 is 10.2 Å². The Morgan fingerprint density at radius 2 is 1.91 bits per heavy atom. The summed E-state index contributed by atoms with van der Waals surface area (Å²) >= 11 is 0. The number of aryl methyl sites for hydroxylation is 2. The van der Waals surface area contributed by atoms with Gasteiger partial charge in [0.15, 0.2) is 6.10 Å². The SMILES string of the molecule is Cc1ccc2nc3c(c(C(=O)OC(C)C(=O)N4CC(=O)Nc5ccccc54)c2c1)CCCC3. The number of benzene rings is 2. The van der Waals surface area contributed by atoms with Crippen LogP contribution in [0, 0.1) is 6.92 Å². The maximum absolute atomic E-state index is 13.4. The van der Waals surface area contributed by atoms with Crippen LogP contribution >= 0.6 is 0 Å². The lowest BCUT2D eigenvalue weighted by Crippen LogP contribution is -2.47. The molecule has 2 heterocycles. The van der Waals surface area contributed by atoms with E-state index in [2.05, 4.69) is 5.32 Å². The molecule has 1 atom stereocenters. The number of carbonyl (C=O) groups excluding carboxylic acids is 3. The number of nitrogens with one attached hydrogen (secondary N) is 1. The Labute approximate surface area is 191 Å². The Morgan fingerprint density at radius 1 is 1.12 bits per heavy atom. The van der Waals surface area contributed by atoms with Crippen LogP contribution in [-0.2, 0) is 27.2 Å². The minimum atomic E-state index is -1.05. The van der Waals surface area contributed by atoms with Crippen molar-refractivity contribution in [2.24, 2.45) is 0 Å². The van der Waals surface area contributed by atoms with Gasteiger partial charge in [-0.2, -0.15) is 0 Å². The van der Waals surface area contributed by atoms with Gasteiger partial charge in [0, 0.05) is 11.1 Å². The zero-order valence-corrected chi connectivity index (χ0v) is 18.7. The summed E-state index contributed by atoms with van der Waals surface area (Å²) in [6.45, 7) is 3.40. The number of hydrogen-bond donors (Lipinski definition) is 1. The maximum Gasteiger partial charge on any atom is 0.339 e. The molecule has 168 valence electrons. The van der Waals surface area contributed by atoms with Gasteiger partial charge in [-0.1, -0.05) is 23.8 Å². The van der Waals surface area contributed by atoms with Gasteiger partial charge in [-0.15, -0.1) is 0 Å². The third-order valence-electron chi connectivity index (χ3n) is 6.29. The topological polar surface area (TPSA) is 88.6 Å². The molecule has 7 heteroatoms. The Bertz CT molecular complexity index is 1300. The molecule has 1 unspecified atom stereocenters. The molecule has 1 aromatic heterocycles. The number of hydrogen-bond acceptors (Lipinski definition) is 5. The average Bonchev–Trinajstić information content (AvgIpc) is 2.81. The Morgan fingerprint density at radius 3 is 2.76 bits per heavy atom. The second-order valence-corrected chi connectivity index (χ2v) is 8.68. The summed E-state index contributed by atoms with van der Waals surface area (Å²) in [7, 11) is 0. The molecule has 0 radical (unpaired) electrons. The molecule has 33 heavy (non-hydrogen) atoms. The predicted molar refractivity (Wildman–Crippen MR) is 125 cm³/mol. The molecule has 2 amide bonds. The number of esters is 1. The van der Waals surface area contributed by atoms with Crippen LogP contribution in [0.1, 0.15) is 46.9 Å². The highest BCUT2D eigenvalue weighted by Gasteiger charge is 2.33. The fourth-order valence-electron chi connectivity index (χ4n) is 4.69. The quantitative estimate of drug-likeness (QED) is 0.619. The maximum atomic E-state index is 13.4. The molecule has 7 nitrogen and oxygen atoms in total. The van der Waals surface area contributed by atoms with Crippen molar-refractivity contribution in [1.82, 2.24) is 4.98 Å². The number of fused-ring (bicyclic) bond motifs is 3. The highest BCUT2D eigenvalue weighted by atomic mass is 16.5. The van der Waals surface area contributed by atoms with Crippen molar-refractivity contribution in [1.29, 1.82) is 0 Å². The Kier molecular flexibility index (Phi) is 5.32. The van der Waals surface area contributed by atoms with Gasteiger partial charge in [-0.05, 0) is 69.4 Å². The fourth-order valence-corrected chi connectivity index (χ4v) is 4.69. The summed E-state index contributed by atoms with van der Waals surface area (Å²) in [5.74, 6) is -1.25. The first-order chi connectivity index (χ1) is 15.9. The number of para-hydroxylation sites is 2. The van der Waals surface area contributed by atoms with Gasteiger partial charge in [0.1, 0.15) is 6.54 Å². The van der Waals surface area contributed by atoms with E-state index >= 15 is 0 Å². The molecule has 0 fully saturated rings. The molecule has 0 bridgehead atoms. The van der Waals surface area contributed by atoms with Crippen LogP contribution in [0.3, 0.4) is 0 Å². The lowest BCUT2D eigenvalue weighted by atomic mass is 9.89. The number of anilines is 2. The van der Waals surface area contributed by atoms with E-state index in [4.69, 9.17) is 9.72 Å². The molecular formula is C26H25N3O4. The van der Waals surface area contributed by atoms with E-state index in [-0.39, 0.29) is 12.5 Å². The van der Waals surface area contributed by atoms with Gasteiger partial charge in [0.2, 0.25) is 5.91 Å². The summed E-state index contributed by atoms with van der Waals surface area (Å²) in [5.41, 5.74) is 5.30. The second-order valence-electron chi connectivity index (χ2n) is 8.68. The predicted octanol–water partition coefficient (Wildman–Crippen LogP) is 3.95. The van der Waals surface area contributed by atoms with Crippen LogP contribution in [0.15, 0.2) is 42.5 Å². The molecule has 5 rings (SSSR count). The van der Waals surface area contributed by atoms with Crippen molar-refractivity contribution in [2.45, 2.75) is 45.6 Å². The second kappa shape index (κ2) is 8.31.